The first-order valence-corrected chi connectivity index (χ1v) is 10.7. The monoisotopic (exact) mass is 375 g/mol. The highest BCUT2D eigenvalue weighted by molar-refractivity contribution is 5.94. The van der Waals surface area contributed by atoms with E-state index >= 15 is 0 Å². The molecule has 146 valence electrons. The lowest BCUT2D eigenvalue weighted by molar-refractivity contribution is 0.0111. The Morgan fingerprint density at radius 1 is 1.00 bits per heavy atom. The van der Waals surface area contributed by atoms with Crippen LogP contribution in [0.5, 0.6) is 0 Å². The van der Waals surface area contributed by atoms with Crippen LogP contribution in [0.1, 0.15) is 53.9 Å². The summed E-state index contributed by atoms with van der Waals surface area (Å²) in [6.45, 7) is 4.18. The van der Waals surface area contributed by atoms with Crippen molar-refractivity contribution in [1.29, 1.82) is 0 Å². The van der Waals surface area contributed by atoms with Gasteiger partial charge in [0.2, 0.25) is 0 Å². The van der Waals surface area contributed by atoms with Crippen molar-refractivity contribution in [3.8, 4) is 0 Å². The molecule has 2 saturated heterocycles. The van der Waals surface area contributed by atoms with Crippen molar-refractivity contribution < 1.29 is 4.79 Å². The molecule has 1 saturated carbocycles. The van der Waals surface area contributed by atoms with Gasteiger partial charge in [0.05, 0.1) is 0 Å². The van der Waals surface area contributed by atoms with Gasteiger partial charge < -0.3 is 4.90 Å². The minimum atomic E-state index is 0.159. The molecule has 0 radical (unpaired) electrons. The second kappa shape index (κ2) is 7.32. The molecule has 3 aliphatic rings. The molecule has 28 heavy (non-hydrogen) atoms. The molecule has 0 bridgehead atoms. The van der Waals surface area contributed by atoms with E-state index in [1.807, 2.05) is 17.0 Å². The van der Waals surface area contributed by atoms with Crippen molar-refractivity contribution >= 4 is 5.91 Å². The summed E-state index contributed by atoms with van der Waals surface area (Å²) in [6, 6.07) is 15.5. The molecule has 1 aromatic carbocycles. The Morgan fingerprint density at radius 3 is 2.39 bits per heavy atom. The summed E-state index contributed by atoms with van der Waals surface area (Å²) in [5.74, 6) is 0.782. The SMILES string of the molecule is O=C(c1ccncc1)N1CCC2(CC1)CC(c1ccccc1)CN(C1CC1)C2. The third-order valence-electron chi connectivity index (χ3n) is 7.05. The maximum absolute atomic E-state index is 12.8. The van der Waals surface area contributed by atoms with Gasteiger partial charge in [0.25, 0.3) is 5.91 Å². The van der Waals surface area contributed by atoms with Crippen molar-refractivity contribution in [3.05, 3.63) is 66.0 Å². The van der Waals surface area contributed by atoms with Gasteiger partial charge in [0.15, 0.2) is 0 Å². The summed E-state index contributed by atoms with van der Waals surface area (Å²) < 4.78 is 0. The van der Waals surface area contributed by atoms with E-state index in [4.69, 9.17) is 0 Å². The first-order valence-electron chi connectivity index (χ1n) is 10.7. The molecule has 4 heteroatoms. The molecule has 1 amide bonds. The molecule has 3 fully saturated rings. The predicted octanol–water partition coefficient (Wildman–Crippen LogP) is 3.96. The minimum absolute atomic E-state index is 0.159. The normalized spacial score (nSPS) is 25.0. The lowest BCUT2D eigenvalue weighted by Gasteiger charge is -2.50. The summed E-state index contributed by atoms with van der Waals surface area (Å²) in [5, 5.41) is 0. The molecule has 0 N–H and O–H groups in total. The number of carbonyl (C=O) groups is 1. The highest BCUT2D eigenvalue weighted by Gasteiger charge is 2.46. The summed E-state index contributed by atoms with van der Waals surface area (Å²) in [4.78, 5) is 21.7. The second-order valence-electron chi connectivity index (χ2n) is 9.00. The smallest absolute Gasteiger partial charge is 0.253 e. The molecule has 1 spiro atoms. The van der Waals surface area contributed by atoms with Crippen LogP contribution in [0.15, 0.2) is 54.9 Å². The van der Waals surface area contributed by atoms with Gasteiger partial charge in [-0.25, -0.2) is 0 Å². The second-order valence-corrected chi connectivity index (χ2v) is 9.00. The van der Waals surface area contributed by atoms with Crippen LogP contribution >= 0.6 is 0 Å². The average Bonchev–Trinajstić information content (AvgIpc) is 3.60. The van der Waals surface area contributed by atoms with Crippen LogP contribution in [-0.2, 0) is 0 Å². The minimum Gasteiger partial charge on any atom is -0.339 e. The van der Waals surface area contributed by atoms with Crippen molar-refractivity contribution in [2.45, 2.75) is 44.1 Å². The fraction of sp³-hybridized carbons (Fsp3) is 0.500. The molecule has 5 rings (SSSR count). The van der Waals surface area contributed by atoms with E-state index in [0.717, 1.165) is 37.5 Å². The zero-order chi connectivity index (χ0) is 19.0. The third kappa shape index (κ3) is 3.58. The molecule has 1 unspecified atom stereocenters. The van der Waals surface area contributed by atoms with Gasteiger partial charge in [0, 0.05) is 50.2 Å². The van der Waals surface area contributed by atoms with Crippen molar-refractivity contribution in [3.63, 3.8) is 0 Å². The van der Waals surface area contributed by atoms with Gasteiger partial charge in [0.1, 0.15) is 0 Å². The zero-order valence-corrected chi connectivity index (χ0v) is 16.5. The van der Waals surface area contributed by atoms with Crippen LogP contribution < -0.4 is 0 Å². The summed E-state index contributed by atoms with van der Waals surface area (Å²) in [5.41, 5.74) is 2.61. The number of piperidine rings is 2. The van der Waals surface area contributed by atoms with E-state index in [9.17, 15) is 4.79 Å². The van der Waals surface area contributed by atoms with E-state index in [-0.39, 0.29) is 5.91 Å². The molecule has 1 aromatic heterocycles. The van der Waals surface area contributed by atoms with Gasteiger partial charge in [-0.15, -0.1) is 0 Å². The third-order valence-corrected chi connectivity index (χ3v) is 7.05. The molecule has 4 nitrogen and oxygen atoms in total. The summed E-state index contributed by atoms with van der Waals surface area (Å²) in [6.07, 6.45) is 9.65. The number of amides is 1. The number of benzene rings is 1. The maximum Gasteiger partial charge on any atom is 0.253 e. The lowest BCUT2D eigenvalue weighted by Crippen LogP contribution is -2.53. The fourth-order valence-electron chi connectivity index (χ4n) is 5.32. The van der Waals surface area contributed by atoms with Gasteiger partial charge >= 0.3 is 0 Å². The van der Waals surface area contributed by atoms with Crippen LogP contribution in [0.4, 0.5) is 0 Å². The maximum atomic E-state index is 12.8. The Balaban J connectivity index is 1.31. The Morgan fingerprint density at radius 2 is 1.71 bits per heavy atom. The molecule has 2 aliphatic heterocycles. The number of rotatable bonds is 3. The first kappa shape index (κ1) is 17.9. The Labute approximate surface area is 167 Å². The first-order chi connectivity index (χ1) is 13.7. The number of aromatic nitrogens is 1. The van der Waals surface area contributed by atoms with Crippen molar-refractivity contribution in [2.75, 3.05) is 26.2 Å². The summed E-state index contributed by atoms with van der Waals surface area (Å²) in [7, 11) is 0. The number of hydrogen-bond acceptors (Lipinski definition) is 3. The largest absolute Gasteiger partial charge is 0.339 e. The number of carbonyl (C=O) groups excluding carboxylic acids is 1. The molecule has 2 aromatic rings. The zero-order valence-electron chi connectivity index (χ0n) is 16.5. The highest BCUT2D eigenvalue weighted by atomic mass is 16.2. The van der Waals surface area contributed by atoms with Gasteiger partial charge in [-0.2, -0.15) is 0 Å². The average molecular weight is 376 g/mol. The van der Waals surface area contributed by atoms with Crippen LogP contribution in [0.25, 0.3) is 0 Å². The fourth-order valence-corrected chi connectivity index (χ4v) is 5.32. The van der Waals surface area contributed by atoms with Crippen LogP contribution in [-0.4, -0.2) is 52.9 Å². The van der Waals surface area contributed by atoms with Crippen LogP contribution in [0, 0.1) is 5.41 Å². The lowest BCUT2D eigenvalue weighted by atomic mass is 9.68. The Kier molecular flexibility index (Phi) is 4.67. The molecule has 1 aliphatic carbocycles. The highest BCUT2D eigenvalue weighted by Crippen LogP contribution is 2.47. The Bertz CT molecular complexity index is 810. The van der Waals surface area contributed by atoms with Crippen molar-refractivity contribution in [2.24, 2.45) is 5.41 Å². The van der Waals surface area contributed by atoms with E-state index in [2.05, 4.69) is 40.2 Å². The van der Waals surface area contributed by atoms with E-state index < -0.39 is 0 Å². The quantitative estimate of drug-likeness (QED) is 0.815. The van der Waals surface area contributed by atoms with Crippen LogP contribution in [0.2, 0.25) is 0 Å². The van der Waals surface area contributed by atoms with Gasteiger partial charge in [-0.05, 0) is 61.1 Å². The summed E-state index contributed by atoms with van der Waals surface area (Å²) >= 11 is 0. The number of likely N-dealkylation sites (tertiary alicyclic amines) is 2. The van der Waals surface area contributed by atoms with Gasteiger partial charge in [-0.1, -0.05) is 30.3 Å². The Hall–Kier alpha value is -2.20. The molecule has 3 heterocycles. The molecule has 1 atom stereocenters. The van der Waals surface area contributed by atoms with Gasteiger partial charge in [-0.3, -0.25) is 14.7 Å². The predicted molar refractivity (Wildman–Crippen MR) is 110 cm³/mol. The number of hydrogen-bond donors (Lipinski definition) is 0. The van der Waals surface area contributed by atoms with E-state index in [0.29, 0.717) is 11.3 Å². The molecular weight excluding hydrogens is 346 g/mol. The standard InChI is InChI=1S/C24H29N3O/c28-23(20-8-12-25-13-9-20)26-14-10-24(11-15-26)16-21(19-4-2-1-3-5-19)17-27(18-24)22-6-7-22/h1-5,8-9,12-13,21-22H,6-7,10-11,14-18H2. The molecular formula is C24H29N3O. The number of nitrogens with zero attached hydrogens (tertiary/aromatic N) is 3. The van der Waals surface area contributed by atoms with Crippen molar-refractivity contribution in [1.82, 2.24) is 14.8 Å². The number of pyridine rings is 1. The topological polar surface area (TPSA) is 36.4 Å². The van der Waals surface area contributed by atoms with E-state index in [1.165, 1.54) is 37.9 Å². The van der Waals surface area contributed by atoms with E-state index in [1.54, 1.807) is 12.4 Å². The van der Waals surface area contributed by atoms with Crippen LogP contribution in [0.3, 0.4) is 0 Å².